The van der Waals surface area contributed by atoms with E-state index in [9.17, 15) is 0 Å². The van der Waals surface area contributed by atoms with Gasteiger partial charge in [0.05, 0.1) is 22.1 Å². The normalized spacial score (nSPS) is 9.24. The standard InChI is InChI=1S/2C9H6N2S.C4H10.C3H7N3.N3.Na/c2*1-2-4-8-7(3-1)10-9-11(8)5-6-12-9;1-3-4-2;1-2-3-5-6-4;1-3-2;/h2*1-6H;3-4H2,1-2H3;2-3H2,1H3;;/q;;;;-1;+1. The molecule has 0 amide bonds. The fourth-order valence-corrected chi connectivity index (χ4v) is 4.40. The van der Waals surface area contributed by atoms with E-state index in [1.165, 1.54) is 28.8 Å². The van der Waals surface area contributed by atoms with Gasteiger partial charge >= 0.3 is 29.6 Å². The Kier molecular flexibility index (Phi) is 16.5. The zero-order chi connectivity index (χ0) is 26.9. The molecule has 192 valence electrons. The molecule has 0 aliphatic rings. The number of unbranched alkanes of at least 4 members (excludes halogenated alkanes) is 1. The van der Waals surface area contributed by atoms with Gasteiger partial charge in [-0.25, -0.2) is 9.97 Å². The number of aromatic nitrogens is 4. The summed E-state index contributed by atoms with van der Waals surface area (Å²) in [4.78, 5) is 15.1. The molecule has 0 unspecified atom stereocenters. The van der Waals surface area contributed by atoms with Gasteiger partial charge in [0.1, 0.15) is 0 Å². The molecule has 0 N–H and O–H groups in total. The summed E-state index contributed by atoms with van der Waals surface area (Å²) in [5, 5.41) is 7.37. The van der Waals surface area contributed by atoms with Gasteiger partial charge in [0.15, 0.2) is 9.92 Å². The van der Waals surface area contributed by atoms with Crippen molar-refractivity contribution >= 4 is 54.7 Å². The Morgan fingerprint density at radius 3 is 1.50 bits per heavy atom. The van der Waals surface area contributed by atoms with Gasteiger partial charge in [0.25, 0.3) is 0 Å². The molecule has 6 aromatic rings. The maximum absolute atomic E-state index is 7.66. The second kappa shape index (κ2) is 19.1. The topological polar surface area (TPSA) is 142 Å². The average molecular weight is 557 g/mol. The third-order valence-electron chi connectivity index (χ3n) is 4.78. The molecule has 10 nitrogen and oxygen atoms in total. The van der Waals surface area contributed by atoms with Crippen LogP contribution < -0.4 is 29.6 Å². The van der Waals surface area contributed by atoms with Gasteiger partial charge in [-0.1, -0.05) is 69.4 Å². The molecule has 2 aromatic carbocycles. The van der Waals surface area contributed by atoms with Gasteiger partial charge in [0.2, 0.25) is 0 Å². The molecule has 6 rings (SSSR count). The van der Waals surface area contributed by atoms with Crippen LogP contribution in [0.3, 0.4) is 0 Å². The Bertz CT molecular complexity index is 1470. The van der Waals surface area contributed by atoms with E-state index >= 15 is 0 Å². The summed E-state index contributed by atoms with van der Waals surface area (Å²) >= 11 is 3.33. The maximum Gasteiger partial charge on any atom is 1.00 e. The van der Waals surface area contributed by atoms with Crippen LogP contribution in [0.15, 0.2) is 76.8 Å². The molecule has 0 spiro atoms. The van der Waals surface area contributed by atoms with Gasteiger partial charge < -0.3 is 11.1 Å². The van der Waals surface area contributed by atoms with E-state index in [1.54, 1.807) is 22.7 Å². The predicted molar refractivity (Wildman–Crippen MR) is 156 cm³/mol. The molecular weight excluding hydrogens is 527 g/mol. The van der Waals surface area contributed by atoms with E-state index in [4.69, 9.17) is 16.6 Å². The zero-order valence-corrected chi connectivity index (χ0v) is 25.7. The van der Waals surface area contributed by atoms with E-state index in [0.717, 1.165) is 27.4 Å². The van der Waals surface area contributed by atoms with Crippen molar-refractivity contribution in [1.82, 2.24) is 18.8 Å². The van der Waals surface area contributed by atoms with Crippen LogP contribution in [0.2, 0.25) is 0 Å². The fourth-order valence-electron chi connectivity index (χ4n) is 2.95. The number of thiazole rings is 2. The van der Waals surface area contributed by atoms with Crippen LogP contribution in [-0.2, 0) is 0 Å². The first-order valence-corrected chi connectivity index (χ1v) is 13.5. The van der Waals surface area contributed by atoms with Crippen molar-refractivity contribution in [2.75, 3.05) is 6.54 Å². The van der Waals surface area contributed by atoms with E-state index in [1.807, 2.05) is 43.3 Å². The minimum Gasteiger partial charge on any atom is -0.373 e. The van der Waals surface area contributed by atoms with Gasteiger partial charge in [-0.05, 0) is 29.8 Å². The van der Waals surface area contributed by atoms with Crippen LogP contribution in [0.4, 0.5) is 0 Å². The molecule has 4 aromatic heterocycles. The number of azide groups is 1. The smallest absolute Gasteiger partial charge is 0.373 e. The van der Waals surface area contributed by atoms with Crippen LogP contribution in [-0.4, -0.2) is 25.3 Å². The molecule has 0 saturated carbocycles. The molecular formula is C25H29N10NaS2. The number of imidazole rings is 2. The summed E-state index contributed by atoms with van der Waals surface area (Å²) in [5.74, 6) is 0. The minimum atomic E-state index is 0. The van der Waals surface area contributed by atoms with E-state index in [2.05, 4.69) is 77.9 Å². The molecule has 38 heavy (non-hydrogen) atoms. The number of benzene rings is 2. The number of hydrogen-bond donors (Lipinski definition) is 0. The van der Waals surface area contributed by atoms with Crippen molar-refractivity contribution in [3.63, 3.8) is 0 Å². The zero-order valence-electron chi connectivity index (χ0n) is 22.0. The van der Waals surface area contributed by atoms with Gasteiger partial charge in [-0.2, -0.15) is 0 Å². The molecule has 0 atom stereocenters. The Balaban J connectivity index is 0.000000262. The largest absolute Gasteiger partial charge is 1.00 e. The SMILES string of the molecule is CCCC.CCCN=[N+]=[N-].[N-]=[N+]=[N-].[Na+].c1ccc2c(c1)nc1sccn12.c1ccc2c(c1)nc1sccn12. The summed E-state index contributed by atoms with van der Waals surface area (Å²) < 4.78 is 4.22. The van der Waals surface area contributed by atoms with Gasteiger partial charge in [-0.15, -0.1) is 22.7 Å². The minimum absolute atomic E-state index is 0. The molecule has 13 heteroatoms. The molecule has 0 fully saturated rings. The van der Waals surface area contributed by atoms with Crippen LogP contribution >= 0.6 is 22.7 Å². The predicted octanol–water partition coefficient (Wildman–Crippen LogP) is 6.48. The van der Waals surface area contributed by atoms with Crippen LogP contribution in [0.1, 0.15) is 40.0 Å². The van der Waals surface area contributed by atoms with E-state index in [-0.39, 0.29) is 29.6 Å². The summed E-state index contributed by atoms with van der Waals surface area (Å²) in [6.07, 6.45) is 7.68. The van der Waals surface area contributed by atoms with Crippen molar-refractivity contribution in [3.8, 4) is 0 Å². The van der Waals surface area contributed by atoms with Crippen molar-refractivity contribution in [2.24, 2.45) is 5.11 Å². The van der Waals surface area contributed by atoms with Crippen LogP contribution in [0, 0.1) is 0 Å². The first-order chi connectivity index (χ1) is 18.1. The molecule has 0 aliphatic carbocycles. The van der Waals surface area contributed by atoms with E-state index < -0.39 is 0 Å². The Labute approximate surface area is 251 Å². The third-order valence-corrected chi connectivity index (χ3v) is 6.29. The molecule has 4 heterocycles. The number of nitrogens with zero attached hydrogens (tertiary/aromatic N) is 10. The van der Waals surface area contributed by atoms with Crippen LogP contribution in [0.25, 0.3) is 58.4 Å². The number of para-hydroxylation sites is 4. The molecule has 0 radical (unpaired) electrons. The number of fused-ring (bicyclic) bond motifs is 6. The molecule has 0 bridgehead atoms. The van der Waals surface area contributed by atoms with Crippen molar-refractivity contribution in [2.45, 2.75) is 40.0 Å². The summed E-state index contributed by atoms with van der Waals surface area (Å²) in [7, 11) is 0. The third kappa shape index (κ3) is 9.66. The maximum atomic E-state index is 7.66. The van der Waals surface area contributed by atoms with Crippen molar-refractivity contribution < 1.29 is 29.6 Å². The average Bonchev–Trinajstić information content (AvgIpc) is 3.70. The second-order valence-corrected chi connectivity index (χ2v) is 9.10. The Morgan fingerprint density at radius 1 is 0.737 bits per heavy atom. The molecule has 0 aliphatic heterocycles. The summed E-state index contributed by atoms with van der Waals surface area (Å²) in [5.41, 5.74) is 25.7. The van der Waals surface area contributed by atoms with Gasteiger partial charge in [0, 0.05) is 34.6 Å². The second-order valence-electron chi connectivity index (χ2n) is 7.36. The van der Waals surface area contributed by atoms with Crippen molar-refractivity contribution in [3.05, 3.63) is 98.1 Å². The molecule has 0 saturated heterocycles. The quantitative estimate of drug-likeness (QED) is 0.106. The number of hydrogen-bond acceptors (Lipinski definition) is 5. The Morgan fingerprint density at radius 2 is 1.16 bits per heavy atom. The summed E-state index contributed by atoms with van der Waals surface area (Å²) in [6.45, 7) is 6.95. The first-order valence-electron chi connectivity index (χ1n) is 11.7. The monoisotopic (exact) mass is 556 g/mol. The van der Waals surface area contributed by atoms with E-state index in [0.29, 0.717) is 6.54 Å². The van der Waals surface area contributed by atoms with Gasteiger partial charge in [-0.3, -0.25) is 13.7 Å². The number of rotatable bonds is 3. The fraction of sp³-hybridized carbons (Fsp3) is 0.280. The Hall–Kier alpha value is -3.08. The summed E-state index contributed by atoms with van der Waals surface area (Å²) in [6, 6.07) is 16.3. The van der Waals surface area contributed by atoms with Crippen molar-refractivity contribution in [1.29, 1.82) is 0 Å². The first kappa shape index (κ1) is 32.9. The van der Waals surface area contributed by atoms with Crippen LogP contribution in [0.5, 0.6) is 0 Å².